The Balaban J connectivity index is 1.42. The first-order valence-corrected chi connectivity index (χ1v) is 11.0. The summed E-state index contributed by atoms with van der Waals surface area (Å²) in [5, 5.41) is 6.60. The molecule has 0 aromatic heterocycles. The molecule has 0 bridgehead atoms. The van der Waals surface area contributed by atoms with Gasteiger partial charge in [0.05, 0.1) is 23.7 Å². The monoisotopic (exact) mass is 478 g/mol. The third-order valence-corrected chi connectivity index (χ3v) is 6.04. The molecule has 7 nitrogen and oxygen atoms in total. The average Bonchev–Trinajstić information content (AvgIpc) is 3.20. The molecule has 2 saturated heterocycles. The van der Waals surface area contributed by atoms with E-state index < -0.39 is 23.6 Å². The van der Waals surface area contributed by atoms with Gasteiger partial charge in [0, 0.05) is 17.1 Å². The number of halogens is 2. The van der Waals surface area contributed by atoms with Crippen LogP contribution in [0.3, 0.4) is 0 Å². The fourth-order valence-corrected chi connectivity index (χ4v) is 4.51. The highest BCUT2D eigenvalue weighted by Crippen LogP contribution is 2.43. The van der Waals surface area contributed by atoms with Gasteiger partial charge >= 0.3 is 0 Å². The van der Waals surface area contributed by atoms with Crippen molar-refractivity contribution in [1.29, 1.82) is 0 Å². The van der Waals surface area contributed by atoms with Crippen molar-refractivity contribution in [2.75, 3.05) is 19.7 Å². The maximum Gasteiger partial charge on any atom is 0.252 e. The van der Waals surface area contributed by atoms with E-state index in [4.69, 9.17) is 37.4 Å². The molecule has 0 aliphatic carbocycles. The summed E-state index contributed by atoms with van der Waals surface area (Å²) in [6, 6.07) is 13.5. The van der Waals surface area contributed by atoms with Crippen LogP contribution in [0.2, 0.25) is 10.0 Å². The molecule has 2 aromatic carbocycles. The average molecular weight is 479 g/mol. The fourth-order valence-electron chi connectivity index (χ4n) is 4.10. The molecule has 2 aromatic rings. The number of rotatable bonds is 6. The van der Waals surface area contributed by atoms with Crippen LogP contribution in [-0.2, 0) is 14.2 Å². The van der Waals surface area contributed by atoms with Crippen LogP contribution in [0.5, 0.6) is 0 Å². The Kier molecular flexibility index (Phi) is 6.47. The zero-order chi connectivity index (χ0) is 22.9. The normalized spacial score (nSPS) is 25.9. The van der Waals surface area contributed by atoms with Crippen LogP contribution in [0.25, 0.3) is 0 Å². The molecule has 4 rings (SSSR count). The highest BCUT2D eigenvalue weighted by molar-refractivity contribution is 6.33. The van der Waals surface area contributed by atoms with Crippen LogP contribution in [0.1, 0.15) is 34.6 Å². The van der Waals surface area contributed by atoms with Gasteiger partial charge in [-0.2, -0.15) is 0 Å². The first-order valence-electron chi connectivity index (χ1n) is 10.3. The van der Waals surface area contributed by atoms with Gasteiger partial charge < -0.3 is 24.8 Å². The molecule has 3 atom stereocenters. The molecule has 2 aliphatic heterocycles. The van der Waals surface area contributed by atoms with Crippen molar-refractivity contribution in [3.63, 3.8) is 0 Å². The lowest BCUT2D eigenvalue weighted by atomic mass is 9.96. The summed E-state index contributed by atoms with van der Waals surface area (Å²) in [7, 11) is 0. The Morgan fingerprint density at radius 1 is 1.06 bits per heavy atom. The van der Waals surface area contributed by atoms with E-state index in [0.29, 0.717) is 21.2 Å². The lowest BCUT2D eigenvalue weighted by Gasteiger charge is -2.27. The number of ether oxygens (including phenoxy) is 3. The fraction of sp³-hybridized carbons (Fsp3) is 0.391. The van der Waals surface area contributed by atoms with Gasteiger partial charge in [0.1, 0.15) is 17.8 Å². The summed E-state index contributed by atoms with van der Waals surface area (Å²) < 4.78 is 18.2. The van der Waals surface area contributed by atoms with Gasteiger partial charge in [-0.1, -0.05) is 41.4 Å². The van der Waals surface area contributed by atoms with E-state index >= 15 is 0 Å². The zero-order valence-corrected chi connectivity index (χ0v) is 19.2. The summed E-state index contributed by atoms with van der Waals surface area (Å²) in [6.07, 6.45) is -0.935. The quantitative estimate of drug-likeness (QED) is 0.663. The number of fused-ring (bicyclic) bond motifs is 1. The number of nitrogens with one attached hydrogen (secondary N) is 2. The van der Waals surface area contributed by atoms with Gasteiger partial charge in [0.2, 0.25) is 0 Å². The molecule has 0 unspecified atom stereocenters. The molecule has 2 N–H and O–H groups in total. The summed E-state index contributed by atoms with van der Waals surface area (Å²) >= 11 is 12.1. The van der Waals surface area contributed by atoms with E-state index in [0.717, 1.165) is 0 Å². The highest BCUT2D eigenvalue weighted by atomic mass is 35.5. The number of hydrogen-bond donors (Lipinski definition) is 2. The smallest absolute Gasteiger partial charge is 0.252 e. The van der Waals surface area contributed by atoms with E-state index in [9.17, 15) is 9.59 Å². The van der Waals surface area contributed by atoms with Gasteiger partial charge in [-0.25, -0.2) is 0 Å². The molecule has 0 radical (unpaired) electrons. The second-order valence-corrected chi connectivity index (χ2v) is 9.18. The second kappa shape index (κ2) is 9.00. The predicted molar refractivity (Wildman–Crippen MR) is 120 cm³/mol. The van der Waals surface area contributed by atoms with Gasteiger partial charge in [-0.3, -0.25) is 9.59 Å². The highest BCUT2D eigenvalue weighted by Gasteiger charge is 2.61. The number of carbonyl (C=O) groups is 2. The van der Waals surface area contributed by atoms with Crippen molar-refractivity contribution < 1.29 is 23.8 Å². The van der Waals surface area contributed by atoms with Crippen molar-refractivity contribution >= 4 is 35.0 Å². The summed E-state index contributed by atoms with van der Waals surface area (Å²) in [5.41, 5.74) is -0.0421. The van der Waals surface area contributed by atoms with Crippen molar-refractivity contribution in [3.8, 4) is 0 Å². The molecule has 32 heavy (non-hydrogen) atoms. The van der Waals surface area contributed by atoms with Crippen molar-refractivity contribution in [2.45, 2.75) is 37.4 Å². The molecule has 2 heterocycles. The molecule has 170 valence electrons. The Labute approximate surface area is 196 Å². The molecule has 2 fully saturated rings. The third kappa shape index (κ3) is 4.77. The SMILES string of the molecule is CC1(C)O[C@@H]2[C@@H](CNC(=O)c3ccccc3Cl)OC[C@]2(CNC(=O)c2cccc(Cl)c2)O1. The maximum absolute atomic E-state index is 12.6. The van der Waals surface area contributed by atoms with E-state index in [-0.39, 0.29) is 31.5 Å². The third-order valence-electron chi connectivity index (χ3n) is 5.48. The topological polar surface area (TPSA) is 85.9 Å². The van der Waals surface area contributed by atoms with Gasteiger partial charge in [0.15, 0.2) is 5.79 Å². The van der Waals surface area contributed by atoms with Gasteiger partial charge in [-0.05, 0) is 44.2 Å². The lowest BCUT2D eigenvalue weighted by molar-refractivity contribution is -0.188. The van der Waals surface area contributed by atoms with Crippen LogP contribution < -0.4 is 10.6 Å². The summed E-state index contributed by atoms with van der Waals surface area (Å²) in [5.74, 6) is -1.44. The van der Waals surface area contributed by atoms with Crippen molar-refractivity contribution in [1.82, 2.24) is 10.6 Å². The Bertz CT molecular complexity index is 1030. The largest absolute Gasteiger partial charge is 0.370 e. The number of carbonyl (C=O) groups excluding carboxylic acids is 2. The summed E-state index contributed by atoms with van der Waals surface area (Å²) in [6.45, 7) is 4.22. The molecule has 0 saturated carbocycles. The molecular weight excluding hydrogens is 455 g/mol. The Morgan fingerprint density at radius 2 is 1.84 bits per heavy atom. The molecule has 2 amide bonds. The van der Waals surface area contributed by atoms with Crippen LogP contribution in [-0.4, -0.2) is 55.1 Å². The van der Waals surface area contributed by atoms with Crippen molar-refractivity contribution in [3.05, 3.63) is 69.7 Å². The Morgan fingerprint density at radius 3 is 2.59 bits per heavy atom. The lowest BCUT2D eigenvalue weighted by Crippen LogP contribution is -2.52. The molecule has 9 heteroatoms. The minimum absolute atomic E-state index is 0.182. The first-order chi connectivity index (χ1) is 15.2. The number of amides is 2. The second-order valence-electron chi connectivity index (χ2n) is 8.34. The van der Waals surface area contributed by atoms with Crippen LogP contribution >= 0.6 is 23.2 Å². The van der Waals surface area contributed by atoms with Gasteiger partial charge in [-0.15, -0.1) is 0 Å². The molecule has 2 aliphatic rings. The summed E-state index contributed by atoms with van der Waals surface area (Å²) in [4.78, 5) is 25.1. The van der Waals surface area contributed by atoms with Crippen LogP contribution in [0, 0.1) is 0 Å². The van der Waals surface area contributed by atoms with Crippen LogP contribution in [0.15, 0.2) is 48.5 Å². The minimum atomic E-state index is -0.877. The van der Waals surface area contributed by atoms with Gasteiger partial charge in [0.25, 0.3) is 11.8 Å². The van der Waals surface area contributed by atoms with E-state index in [2.05, 4.69) is 10.6 Å². The predicted octanol–water partition coefficient (Wildman–Crippen LogP) is 3.44. The number of hydrogen-bond acceptors (Lipinski definition) is 5. The standard InChI is InChI=1S/C23H24Cl2N2O5/c1-22(2)31-19-18(11-26-21(29)16-8-3-4-9-17(16)25)30-13-23(19,32-22)12-27-20(28)14-6-5-7-15(24)10-14/h3-10,18-19H,11-13H2,1-2H3,(H,26,29)(H,27,28)/t18-,19-,23+/m1/s1. The first kappa shape index (κ1) is 23.0. The van der Waals surface area contributed by atoms with Crippen molar-refractivity contribution in [2.24, 2.45) is 0 Å². The molecule has 0 spiro atoms. The maximum atomic E-state index is 12.6. The van der Waals surface area contributed by atoms with E-state index in [1.165, 1.54) is 0 Å². The number of benzene rings is 2. The molecular formula is C23H24Cl2N2O5. The Hall–Kier alpha value is -2.16. The van der Waals surface area contributed by atoms with E-state index in [1.54, 1.807) is 48.5 Å². The van der Waals surface area contributed by atoms with E-state index in [1.807, 2.05) is 13.8 Å². The van der Waals surface area contributed by atoms with Crippen LogP contribution in [0.4, 0.5) is 0 Å². The minimum Gasteiger partial charge on any atom is -0.370 e. The zero-order valence-electron chi connectivity index (χ0n) is 17.7.